The number of nitrogens with one attached hydrogen (secondary N) is 1. The van der Waals surface area contributed by atoms with Gasteiger partial charge in [-0.3, -0.25) is 14.2 Å². The van der Waals surface area contributed by atoms with E-state index in [9.17, 15) is 9.59 Å². The van der Waals surface area contributed by atoms with E-state index in [2.05, 4.69) is 10.3 Å². The van der Waals surface area contributed by atoms with Crippen molar-refractivity contribution in [3.8, 4) is 11.5 Å². The zero-order valence-electron chi connectivity index (χ0n) is 13.9. The fourth-order valence-corrected chi connectivity index (χ4v) is 2.87. The van der Waals surface area contributed by atoms with Crippen LogP contribution in [0.2, 0.25) is 0 Å². The highest BCUT2D eigenvalue weighted by Gasteiger charge is 2.21. The van der Waals surface area contributed by atoms with Crippen LogP contribution in [0.1, 0.15) is 0 Å². The van der Waals surface area contributed by atoms with Crippen LogP contribution in [0, 0.1) is 0 Å². The van der Waals surface area contributed by atoms with E-state index >= 15 is 0 Å². The third-order valence-corrected chi connectivity index (χ3v) is 4.15. The van der Waals surface area contributed by atoms with Gasteiger partial charge in [0.2, 0.25) is 5.91 Å². The Labute approximate surface area is 149 Å². The Morgan fingerprint density at radius 1 is 1.15 bits per heavy atom. The molecule has 1 aliphatic rings. The molecule has 1 N–H and O–H groups in total. The Morgan fingerprint density at radius 2 is 1.92 bits per heavy atom. The summed E-state index contributed by atoms with van der Waals surface area (Å²) >= 11 is 0. The maximum Gasteiger partial charge on any atom is 0.269 e. The van der Waals surface area contributed by atoms with Crippen LogP contribution in [0.25, 0.3) is 11.0 Å². The standard InChI is InChI=1S/C19H17N3O4/c23-18(11-22-15-6-2-1-5-14(15)20-10-19(22)24)21-9-13-12-25-16-7-3-4-8-17(16)26-13/h1-8,10,13H,9,11-12H2,(H,21,23). The number of rotatable bonds is 4. The van der Waals surface area contributed by atoms with Gasteiger partial charge < -0.3 is 14.8 Å². The van der Waals surface area contributed by atoms with Gasteiger partial charge in [-0.1, -0.05) is 24.3 Å². The molecular formula is C19H17N3O4. The van der Waals surface area contributed by atoms with Gasteiger partial charge in [0.05, 0.1) is 23.8 Å². The molecule has 0 saturated carbocycles. The second-order valence-electron chi connectivity index (χ2n) is 5.97. The van der Waals surface area contributed by atoms with Crippen molar-refractivity contribution in [2.24, 2.45) is 0 Å². The lowest BCUT2D eigenvalue weighted by molar-refractivity contribution is -0.122. The smallest absolute Gasteiger partial charge is 0.269 e. The highest BCUT2D eigenvalue weighted by Crippen LogP contribution is 2.30. The summed E-state index contributed by atoms with van der Waals surface area (Å²) in [7, 11) is 0. The van der Waals surface area contributed by atoms with E-state index in [0.29, 0.717) is 35.7 Å². The zero-order valence-corrected chi connectivity index (χ0v) is 13.9. The number of aromatic nitrogens is 2. The van der Waals surface area contributed by atoms with E-state index in [1.54, 1.807) is 12.1 Å². The van der Waals surface area contributed by atoms with Gasteiger partial charge in [0.1, 0.15) is 19.3 Å². The summed E-state index contributed by atoms with van der Waals surface area (Å²) in [4.78, 5) is 28.5. The molecule has 4 rings (SSSR count). The summed E-state index contributed by atoms with van der Waals surface area (Å²) in [5.74, 6) is 1.09. The largest absolute Gasteiger partial charge is 0.486 e. The number of ether oxygens (including phenoxy) is 2. The molecule has 1 aromatic heterocycles. The topological polar surface area (TPSA) is 82.5 Å². The molecular weight excluding hydrogens is 334 g/mol. The molecule has 0 fully saturated rings. The first-order valence-electron chi connectivity index (χ1n) is 8.30. The molecule has 1 amide bonds. The van der Waals surface area contributed by atoms with Gasteiger partial charge in [-0.05, 0) is 24.3 Å². The molecule has 1 atom stereocenters. The van der Waals surface area contributed by atoms with Crippen molar-refractivity contribution >= 4 is 16.9 Å². The van der Waals surface area contributed by atoms with E-state index in [1.807, 2.05) is 36.4 Å². The number of nitrogens with zero attached hydrogens (tertiary/aromatic N) is 2. The van der Waals surface area contributed by atoms with Crippen molar-refractivity contribution in [2.45, 2.75) is 12.6 Å². The SMILES string of the molecule is O=C(Cn1c(=O)cnc2ccccc21)NCC1COc2ccccc2O1. The van der Waals surface area contributed by atoms with Crippen molar-refractivity contribution in [1.29, 1.82) is 0 Å². The summed E-state index contributed by atoms with van der Waals surface area (Å²) in [6.45, 7) is 0.576. The van der Waals surface area contributed by atoms with E-state index in [-0.39, 0.29) is 24.1 Å². The Kier molecular flexibility index (Phi) is 4.27. The maximum absolute atomic E-state index is 12.3. The van der Waals surface area contributed by atoms with Crippen LogP contribution < -0.4 is 20.3 Å². The Hall–Kier alpha value is -3.35. The van der Waals surface area contributed by atoms with Crippen molar-refractivity contribution in [3.05, 3.63) is 65.1 Å². The quantitative estimate of drug-likeness (QED) is 0.767. The second-order valence-corrected chi connectivity index (χ2v) is 5.97. The van der Waals surface area contributed by atoms with Gasteiger partial charge in [-0.25, -0.2) is 4.98 Å². The lowest BCUT2D eigenvalue weighted by Gasteiger charge is -2.26. The van der Waals surface area contributed by atoms with Gasteiger partial charge in [0, 0.05) is 0 Å². The molecule has 3 aromatic rings. The molecule has 2 heterocycles. The van der Waals surface area contributed by atoms with Gasteiger partial charge in [-0.15, -0.1) is 0 Å². The number of carbonyl (C=O) groups excluding carboxylic acids is 1. The van der Waals surface area contributed by atoms with Crippen LogP contribution in [-0.2, 0) is 11.3 Å². The van der Waals surface area contributed by atoms with Crippen LogP contribution in [0.3, 0.4) is 0 Å². The molecule has 7 nitrogen and oxygen atoms in total. The van der Waals surface area contributed by atoms with Crippen molar-refractivity contribution in [1.82, 2.24) is 14.9 Å². The van der Waals surface area contributed by atoms with Gasteiger partial charge in [0.15, 0.2) is 11.5 Å². The predicted octanol–water partition coefficient (Wildman–Crippen LogP) is 1.35. The number of hydrogen-bond donors (Lipinski definition) is 1. The molecule has 0 aliphatic carbocycles. The van der Waals surface area contributed by atoms with Crippen molar-refractivity contribution < 1.29 is 14.3 Å². The van der Waals surface area contributed by atoms with Gasteiger partial charge in [0.25, 0.3) is 5.56 Å². The third kappa shape index (κ3) is 3.23. The minimum absolute atomic E-state index is 0.0774. The first-order chi connectivity index (χ1) is 12.7. The number of hydrogen-bond acceptors (Lipinski definition) is 5. The Balaban J connectivity index is 1.41. The number of para-hydroxylation sites is 4. The molecule has 7 heteroatoms. The third-order valence-electron chi connectivity index (χ3n) is 4.15. The van der Waals surface area contributed by atoms with E-state index < -0.39 is 0 Å². The summed E-state index contributed by atoms with van der Waals surface area (Å²) in [6, 6.07) is 14.6. The maximum atomic E-state index is 12.3. The molecule has 132 valence electrons. The van der Waals surface area contributed by atoms with Crippen molar-refractivity contribution in [2.75, 3.05) is 13.2 Å². The monoisotopic (exact) mass is 351 g/mol. The number of benzene rings is 2. The van der Waals surface area contributed by atoms with Crippen LogP contribution in [0.5, 0.6) is 11.5 Å². The normalized spacial score (nSPS) is 15.6. The molecule has 26 heavy (non-hydrogen) atoms. The fourth-order valence-electron chi connectivity index (χ4n) is 2.87. The van der Waals surface area contributed by atoms with E-state index in [4.69, 9.17) is 9.47 Å². The molecule has 1 unspecified atom stereocenters. The molecule has 0 bridgehead atoms. The highest BCUT2D eigenvalue weighted by atomic mass is 16.6. The minimum atomic E-state index is -0.315. The summed E-state index contributed by atoms with van der Waals surface area (Å²) < 4.78 is 12.8. The van der Waals surface area contributed by atoms with Crippen LogP contribution in [-0.4, -0.2) is 34.7 Å². The summed E-state index contributed by atoms with van der Waals surface area (Å²) in [5, 5.41) is 2.80. The van der Waals surface area contributed by atoms with Gasteiger partial charge >= 0.3 is 0 Å². The number of fused-ring (bicyclic) bond motifs is 2. The van der Waals surface area contributed by atoms with Crippen LogP contribution >= 0.6 is 0 Å². The van der Waals surface area contributed by atoms with Crippen LogP contribution in [0.15, 0.2) is 59.5 Å². The summed E-state index contributed by atoms with van der Waals surface area (Å²) in [6.07, 6.45) is 0.949. The average molecular weight is 351 g/mol. The first-order valence-corrected chi connectivity index (χ1v) is 8.30. The molecule has 0 spiro atoms. The lowest BCUT2D eigenvalue weighted by atomic mass is 10.2. The minimum Gasteiger partial charge on any atom is -0.486 e. The summed E-state index contributed by atoms with van der Waals surface area (Å²) in [5.41, 5.74) is 0.979. The Bertz CT molecular complexity index is 1010. The fraction of sp³-hybridized carbons (Fsp3) is 0.211. The zero-order chi connectivity index (χ0) is 17.9. The lowest BCUT2D eigenvalue weighted by Crippen LogP contribution is -2.42. The predicted molar refractivity (Wildman–Crippen MR) is 95.4 cm³/mol. The molecule has 1 aliphatic heterocycles. The molecule has 0 saturated heterocycles. The average Bonchev–Trinajstić information content (AvgIpc) is 2.68. The molecule has 2 aromatic carbocycles. The highest BCUT2D eigenvalue weighted by molar-refractivity contribution is 5.79. The van der Waals surface area contributed by atoms with E-state index in [1.165, 1.54) is 10.8 Å². The number of carbonyl (C=O) groups is 1. The first kappa shape index (κ1) is 16.1. The van der Waals surface area contributed by atoms with Crippen molar-refractivity contribution in [3.63, 3.8) is 0 Å². The second kappa shape index (κ2) is 6.87. The van der Waals surface area contributed by atoms with Gasteiger partial charge in [-0.2, -0.15) is 0 Å². The Morgan fingerprint density at radius 3 is 2.81 bits per heavy atom. The molecule has 0 radical (unpaired) electrons. The van der Waals surface area contributed by atoms with E-state index in [0.717, 1.165) is 0 Å². The van der Waals surface area contributed by atoms with Crippen LogP contribution in [0.4, 0.5) is 0 Å². The number of amides is 1.